The van der Waals surface area contributed by atoms with Crippen LogP contribution in [0, 0.1) is 0 Å². The second-order valence-electron chi connectivity index (χ2n) is 3.35. The summed E-state index contributed by atoms with van der Waals surface area (Å²) in [6, 6.07) is -0.810. The van der Waals surface area contributed by atoms with Crippen molar-refractivity contribution in [3.63, 3.8) is 0 Å². The van der Waals surface area contributed by atoms with E-state index in [0.29, 0.717) is 25.9 Å². The molecule has 0 saturated carbocycles. The summed E-state index contributed by atoms with van der Waals surface area (Å²) in [5, 5.41) is 17.9. The molecule has 0 aromatic rings. The van der Waals surface area contributed by atoms with Gasteiger partial charge in [0, 0.05) is 13.1 Å². The lowest BCUT2D eigenvalue weighted by atomic mass is 10.1. The van der Waals surface area contributed by atoms with E-state index in [1.54, 1.807) is 4.90 Å². The van der Waals surface area contributed by atoms with Gasteiger partial charge in [-0.15, -0.1) is 0 Å². The Bertz CT molecular complexity index is 178. The summed E-state index contributed by atoms with van der Waals surface area (Å²) in [5.41, 5.74) is 5.38. The first-order valence-corrected chi connectivity index (χ1v) is 4.48. The molecule has 1 fully saturated rings. The molecule has 1 heterocycles. The fourth-order valence-corrected chi connectivity index (χ4v) is 1.40. The number of hydrogen-bond donors (Lipinski definition) is 3. The van der Waals surface area contributed by atoms with E-state index < -0.39 is 6.04 Å². The predicted octanol–water partition coefficient (Wildman–Crippen LogP) is -1.71. The molecule has 5 nitrogen and oxygen atoms in total. The molecule has 1 atom stereocenters. The van der Waals surface area contributed by atoms with Gasteiger partial charge in [0.15, 0.2) is 0 Å². The Labute approximate surface area is 77.1 Å². The predicted molar refractivity (Wildman–Crippen MR) is 46.9 cm³/mol. The van der Waals surface area contributed by atoms with Crippen LogP contribution in [0.3, 0.4) is 0 Å². The average molecular weight is 188 g/mol. The van der Waals surface area contributed by atoms with Gasteiger partial charge in [0.25, 0.3) is 0 Å². The molecule has 0 bridgehead atoms. The van der Waals surface area contributed by atoms with E-state index in [1.807, 2.05) is 0 Å². The first kappa shape index (κ1) is 10.4. The molecule has 1 aliphatic heterocycles. The number of amides is 1. The third-order valence-electron chi connectivity index (χ3n) is 2.29. The minimum Gasteiger partial charge on any atom is -0.394 e. The molecule has 0 spiro atoms. The number of carbonyl (C=O) groups excluding carboxylic acids is 1. The molecule has 5 heteroatoms. The molecule has 1 saturated heterocycles. The molecular weight excluding hydrogens is 172 g/mol. The maximum Gasteiger partial charge on any atom is 0.241 e. The van der Waals surface area contributed by atoms with Crippen molar-refractivity contribution in [1.29, 1.82) is 0 Å². The van der Waals surface area contributed by atoms with E-state index in [-0.39, 0.29) is 18.6 Å². The lowest BCUT2D eigenvalue weighted by Crippen LogP contribution is -2.49. The van der Waals surface area contributed by atoms with Crippen LogP contribution >= 0.6 is 0 Å². The van der Waals surface area contributed by atoms with Gasteiger partial charge in [-0.25, -0.2) is 0 Å². The molecule has 0 aromatic heterocycles. The maximum absolute atomic E-state index is 11.4. The molecule has 1 amide bonds. The van der Waals surface area contributed by atoms with Gasteiger partial charge in [0.1, 0.15) is 6.04 Å². The van der Waals surface area contributed by atoms with E-state index in [2.05, 4.69) is 0 Å². The van der Waals surface area contributed by atoms with Gasteiger partial charge in [-0.1, -0.05) is 0 Å². The molecule has 4 N–H and O–H groups in total. The van der Waals surface area contributed by atoms with Crippen molar-refractivity contribution in [1.82, 2.24) is 4.90 Å². The fourth-order valence-electron chi connectivity index (χ4n) is 1.40. The average Bonchev–Trinajstić information content (AvgIpc) is 2.17. The van der Waals surface area contributed by atoms with Crippen LogP contribution in [0.5, 0.6) is 0 Å². The Morgan fingerprint density at radius 3 is 2.54 bits per heavy atom. The number of nitrogens with zero attached hydrogens (tertiary/aromatic N) is 1. The van der Waals surface area contributed by atoms with E-state index in [4.69, 9.17) is 10.8 Å². The van der Waals surface area contributed by atoms with Gasteiger partial charge in [-0.2, -0.15) is 0 Å². The number of likely N-dealkylation sites (tertiary alicyclic amines) is 1. The highest BCUT2D eigenvalue weighted by Gasteiger charge is 2.24. The van der Waals surface area contributed by atoms with Gasteiger partial charge in [-0.05, 0) is 12.8 Å². The van der Waals surface area contributed by atoms with Crippen LogP contribution in [0.4, 0.5) is 0 Å². The lowest BCUT2D eigenvalue weighted by Gasteiger charge is -2.31. The monoisotopic (exact) mass is 188 g/mol. The van der Waals surface area contributed by atoms with Gasteiger partial charge < -0.3 is 20.8 Å². The summed E-state index contributed by atoms with van der Waals surface area (Å²) < 4.78 is 0. The third kappa shape index (κ3) is 2.65. The Hall–Kier alpha value is -0.650. The highest BCUT2D eigenvalue weighted by molar-refractivity contribution is 5.81. The van der Waals surface area contributed by atoms with Gasteiger partial charge in [0.05, 0.1) is 12.7 Å². The van der Waals surface area contributed by atoms with Gasteiger partial charge in [0.2, 0.25) is 5.91 Å². The molecule has 0 radical (unpaired) electrons. The SMILES string of the molecule is N[C@@H](CO)C(=O)N1CCC(O)CC1. The summed E-state index contributed by atoms with van der Waals surface area (Å²) in [7, 11) is 0. The van der Waals surface area contributed by atoms with Crippen molar-refractivity contribution in [3.8, 4) is 0 Å². The van der Waals surface area contributed by atoms with Crippen molar-refractivity contribution in [3.05, 3.63) is 0 Å². The molecule has 76 valence electrons. The third-order valence-corrected chi connectivity index (χ3v) is 2.29. The summed E-state index contributed by atoms with van der Waals surface area (Å²) in [6.45, 7) is 0.749. The van der Waals surface area contributed by atoms with E-state index >= 15 is 0 Å². The molecule has 0 aromatic carbocycles. The standard InChI is InChI=1S/C8H16N2O3/c9-7(5-11)8(13)10-3-1-6(12)2-4-10/h6-7,11-12H,1-5,9H2/t7-/m0/s1. The Kier molecular flexibility index (Phi) is 3.65. The zero-order chi connectivity index (χ0) is 9.84. The van der Waals surface area contributed by atoms with Gasteiger partial charge >= 0.3 is 0 Å². The fraction of sp³-hybridized carbons (Fsp3) is 0.875. The molecular formula is C8H16N2O3. The first-order valence-electron chi connectivity index (χ1n) is 4.48. The molecule has 0 aliphatic carbocycles. The summed E-state index contributed by atoms with van der Waals surface area (Å²) >= 11 is 0. The number of carbonyl (C=O) groups is 1. The largest absolute Gasteiger partial charge is 0.394 e. The lowest BCUT2D eigenvalue weighted by molar-refractivity contribution is -0.135. The Morgan fingerprint density at radius 2 is 2.08 bits per heavy atom. The van der Waals surface area contributed by atoms with Crippen LogP contribution in [0.2, 0.25) is 0 Å². The number of hydrogen-bond acceptors (Lipinski definition) is 4. The van der Waals surface area contributed by atoms with Crippen molar-refractivity contribution in [2.45, 2.75) is 25.0 Å². The Morgan fingerprint density at radius 1 is 1.54 bits per heavy atom. The zero-order valence-corrected chi connectivity index (χ0v) is 7.52. The van der Waals surface area contributed by atoms with Crippen molar-refractivity contribution >= 4 is 5.91 Å². The van der Waals surface area contributed by atoms with Crippen LogP contribution in [0.25, 0.3) is 0 Å². The number of rotatable bonds is 2. The zero-order valence-electron chi connectivity index (χ0n) is 7.52. The highest BCUT2D eigenvalue weighted by Crippen LogP contribution is 2.10. The van der Waals surface area contributed by atoms with Gasteiger partial charge in [-0.3, -0.25) is 4.79 Å². The summed E-state index contributed by atoms with van der Waals surface area (Å²) in [4.78, 5) is 13.0. The van der Waals surface area contributed by atoms with Crippen molar-refractivity contribution in [2.75, 3.05) is 19.7 Å². The number of piperidine rings is 1. The topological polar surface area (TPSA) is 86.8 Å². The maximum atomic E-state index is 11.4. The Balaban J connectivity index is 2.40. The van der Waals surface area contributed by atoms with E-state index in [9.17, 15) is 9.90 Å². The van der Waals surface area contributed by atoms with Crippen LogP contribution in [-0.4, -0.2) is 52.9 Å². The molecule has 1 aliphatic rings. The quantitative estimate of drug-likeness (QED) is 0.481. The first-order chi connectivity index (χ1) is 6.15. The molecule has 13 heavy (non-hydrogen) atoms. The summed E-state index contributed by atoms with van der Waals surface area (Å²) in [5.74, 6) is -0.227. The molecule has 0 unspecified atom stereocenters. The summed E-state index contributed by atoms with van der Waals surface area (Å²) in [6.07, 6.45) is 0.905. The van der Waals surface area contributed by atoms with Crippen LogP contribution in [0.1, 0.15) is 12.8 Å². The second-order valence-corrected chi connectivity index (χ2v) is 3.35. The van der Waals surface area contributed by atoms with Crippen molar-refractivity contribution < 1.29 is 15.0 Å². The van der Waals surface area contributed by atoms with Crippen LogP contribution < -0.4 is 5.73 Å². The minimum absolute atomic E-state index is 0.227. The normalized spacial score (nSPS) is 21.6. The van der Waals surface area contributed by atoms with E-state index in [0.717, 1.165) is 0 Å². The number of aliphatic hydroxyl groups is 2. The van der Waals surface area contributed by atoms with Crippen molar-refractivity contribution in [2.24, 2.45) is 5.73 Å². The highest BCUT2D eigenvalue weighted by atomic mass is 16.3. The number of aliphatic hydroxyl groups excluding tert-OH is 2. The van der Waals surface area contributed by atoms with Crippen LogP contribution in [-0.2, 0) is 4.79 Å². The smallest absolute Gasteiger partial charge is 0.241 e. The minimum atomic E-state index is -0.810. The van der Waals surface area contributed by atoms with Crippen LogP contribution in [0.15, 0.2) is 0 Å². The van der Waals surface area contributed by atoms with E-state index in [1.165, 1.54) is 0 Å². The number of nitrogens with two attached hydrogens (primary N) is 1. The second kappa shape index (κ2) is 4.55. The molecule has 1 rings (SSSR count).